The molecule has 1 aromatic heterocycles. The maximum Gasteiger partial charge on any atom is 0.264 e. The molecular formula is C15H20N4O. The van der Waals surface area contributed by atoms with Gasteiger partial charge in [-0.15, -0.1) is 0 Å². The molecule has 20 heavy (non-hydrogen) atoms. The van der Waals surface area contributed by atoms with E-state index >= 15 is 0 Å². The van der Waals surface area contributed by atoms with Crippen LogP contribution in [-0.2, 0) is 0 Å². The van der Waals surface area contributed by atoms with Gasteiger partial charge in [-0.05, 0) is 50.0 Å². The van der Waals surface area contributed by atoms with E-state index in [0.717, 1.165) is 36.5 Å². The van der Waals surface area contributed by atoms with Gasteiger partial charge < -0.3 is 10.6 Å². The van der Waals surface area contributed by atoms with Gasteiger partial charge in [-0.1, -0.05) is 12.1 Å². The maximum absolute atomic E-state index is 11.1. The number of nitrogens with one attached hydrogen (secondary N) is 4. The highest BCUT2D eigenvalue weighted by Gasteiger charge is 2.11. The molecule has 1 aliphatic heterocycles. The summed E-state index contributed by atoms with van der Waals surface area (Å²) in [4.78, 5) is 11.1. The Morgan fingerprint density at radius 3 is 2.65 bits per heavy atom. The van der Waals surface area contributed by atoms with Crippen molar-refractivity contribution in [2.75, 3.05) is 18.4 Å². The number of hydrogen-bond donors (Lipinski definition) is 4. The molecule has 0 saturated carbocycles. The second kappa shape index (κ2) is 5.96. The van der Waals surface area contributed by atoms with Crippen LogP contribution in [0.2, 0.25) is 0 Å². The number of aromatic amines is 2. The molecule has 0 aliphatic carbocycles. The molecule has 0 bridgehead atoms. The molecule has 0 amide bonds. The number of hydrogen-bond acceptors (Lipinski definition) is 3. The quantitative estimate of drug-likeness (QED) is 0.690. The van der Waals surface area contributed by atoms with Crippen molar-refractivity contribution in [1.82, 2.24) is 15.5 Å². The fourth-order valence-corrected chi connectivity index (χ4v) is 2.63. The predicted molar refractivity (Wildman–Crippen MR) is 81.0 cm³/mol. The average molecular weight is 272 g/mol. The monoisotopic (exact) mass is 272 g/mol. The van der Waals surface area contributed by atoms with Crippen LogP contribution in [-0.4, -0.2) is 29.3 Å². The van der Waals surface area contributed by atoms with Crippen LogP contribution in [0.5, 0.6) is 0 Å². The third-order valence-corrected chi connectivity index (χ3v) is 3.74. The van der Waals surface area contributed by atoms with Crippen LogP contribution in [0.1, 0.15) is 19.3 Å². The molecule has 1 unspecified atom stereocenters. The molecule has 2 heterocycles. The molecule has 1 fully saturated rings. The van der Waals surface area contributed by atoms with Gasteiger partial charge in [0.05, 0.1) is 5.69 Å². The molecule has 3 rings (SSSR count). The normalized spacial score (nSPS) is 19.5. The Labute approximate surface area is 117 Å². The summed E-state index contributed by atoms with van der Waals surface area (Å²) in [6.45, 7) is 2.21. The van der Waals surface area contributed by atoms with E-state index in [9.17, 15) is 4.79 Å². The number of benzene rings is 1. The minimum atomic E-state index is -0.104. The van der Waals surface area contributed by atoms with Crippen molar-refractivity contribution in [2.45, 2.75) is 25.3 Å². The first-order chi connectivity index (χ1) is 9.81. The molecule has 4 N–H and O–H groups in total. The van der Waals surface area contributed by atoms with Crippen molar-refractivity contribution in [2.24, 2.45) is 0 Å². The summed E-state index contributed by atoms with van der Waals surface area (Å²) in [5.74, 6) is 0. The lowest BCUT2D eigenvalue weighted by Gasteiger charge is -2.17. The van der Waals surface area contributed by atoms with Crippen LogP contribution >= 0.6 is 0 Å². The van der Waals surface area contributed by atoms with E-state index in [1.54, 1.807) is 6.07 Å². The van der Waals surface area contributed by atoms with Gasteiger partial charge in [-0.2, -0.15) is 0 Å². The number of H-pyrrole nitrogens is 2. The van der Waals surface area contributed by atoms with E-state index in [2.05, 4.69) is 33.0 Å². The maximum atomic E-state index is 11.1. The van der Waals surface area contributed by atoms with E-state index in [-0.39, 0.29) is 5.56 Å². The fraction of sp³-hybridized carbons (Fsp3) is 0.400. The highest BCUT2D eigenvalue weighted by molar-refractivity contribution is 5.62. The summed E-state index contributed by atoms with van der Waals surface area (Å²) in [6, 6.07) is 10.3. The van der Waals surface area contributed by atoms with Gasteiger partial charge >= 0.3 is 0 Å². The van der Waals surface area contributed by atoms with E-state index in [4.69, 9.17) is 0 Å². The molecule has 1 aliphatic rings. The lowest BCUT2D eigenvalue weighted by atomic mass is 10.1. The summed E-state index contributed by atoms with van der Waals surface area (Å²) < 4.78 is 0. The lowest BCUT2D eigenvalue weighted by molar-refractivity contribution is 0.637. The summed E-state index contributed by atoms with van der Waals surface area (Å²) in [6.07, 6.45) is 3.59. The van der Waals surface area contributed by atoms with Crippen LogP contribution in [0.4, 0.5) is 5.69 Å². The predicted octanol–water partition coefficient (Wildman–Crippen LogP) is 1.92. The standard InChI is InChI=1S/C15H20N4O/c20-15-10-14(18-19-15)11-3-5-13(6-4-11)17-12-2-1-8-16-9-7-12/h3-6,10,12,16-17H,1-2,7-9H2,(H2,18,19,20). The van der Waals surface area contributed by atoms with Gasteiger partial charge in [0.2, 0.25) is 0 Å². The first-order valence-corrected chi connectivity index (χ1v) is 7.17. The minimum absolute atomic E-state index is 0.104. The topological polar surface area (TPSA) is 72.7 Å². The summed E-state index contributed by atoms with van der Waals surface area (Å²) in [5, 5.41) is 12.4. The number of anilines is 1. The molecule has 1 saturated heterocycles. The fourth-order valence-electron chi connectivity index (χ4n) is 2.63. The summed E-state index contributed by atoms with van der Waals surface area (Å²) in [7, 11) is 0. The second-order valence-electron chi connectivity index (χ2n) is 5.27. The molecule has 1 aromatic carbocycles. The van der Waals surface area contributed by atoms with Crippen LogP contribution in [0.3, 0.4) is 0 Å². The Kier molecular flexibility index (Phi) is 3.87. The zero-order chi connectivity index (χ0) is 13.8. The zero-order valence-electron chi connectivity index (χ0n) is 11.4. The Balaban J connectivity index is 1.68. The highest BCUT2D eigenvalue weighted by atomic mass is 16.1. The molecule has 5 nitrogen and oxygen atoms in total. The van der Waals surface area contributed by atoms with Crippen molar-refractivity contribution >= 4 is 5.69 Å². The molecule has 5 heteroatoms. The van der Waals surface area contributed by atoms with Gasteiger partial charge in [0.15, 0.2) is 0 Å². The largest absolute Gasteiger partial charge is 0.382 e. The molecule has 0 spiro atoms. The van der Waals surface area contributed by atoms with Gasteiger partial charge in [-0.3, -0.25) is 15.0 Å². The number of aromatic nitrogens is 2. The smallest absolute Gasteiger partial charge is 0.264 e. The SMILES string of the molecule is O=c1cc(-c2ccc(NC3CCCNCC3)cc2)[nH][nH]1. The third-order valence-electron chi connectivity index (χ3n) is 3.74. The first-order valence-electron chi connectivity index (χ1n) is 7.17. The van der Waals surface area contributed by atoms with Gasteiger partial charge in [0, 0.05) is 17.8 Å². The Morgan fingerprint density at radius 2 is 1.90 bits per heavy atom. The second-order valence-corrected chi connectivity index (χ2v) is 5.27. The molecule has 0 radical (unpaired) electrons. The van der Waals surface area contributed by atoms with Crippen LogP contribution < -0.4 is 16.2 Å². The third kappa shape index (κ3) is 3.11. The van der Waals surface area contributed by atoms with Crippen molar-refractivity contribution in [3.05, 3.63) is 40.7 Å². The molecule has 1 atom stereocenters. The van der Waals surface area contributed by atoms with Crippen molar-refractivity contribution < 1.29 is 0 Å². The highest BCUT2D eigenvalue weighted by Crippen LogP contribution is 2.20. The van der Waals surface area contributed by atoms with Crippen molar-refractivity contribution in [1.29, 1.82) is 0 Å². The Morgan fingerprint density at radius 1 is 1.05 bits per heavy atom. The van der Waals surface area contributed by atoms with Crippen LogP contribution in [0, 0.1) is 0 Å². The number of rotatable bonds is 3. The van der Waals surface area contributed by atoms with E-state index < -0.39 is 0 Å². The Hall–Kier alpha value is -2.01. The van der Waals surface area contributed by atoms with Gasteiger partial charge in [-0.25, -0.2) is 0 Å². The van der Waals surface area contributed by atoms with Crippen molar-refractivity contribution in [3.8, 4) is 11.3 Å². The van der Waals surface area contributed by atoms with Gasteiger partial charge in [0.1, 0.15) is 0 Å². The zero-order valence-corrected chi connectivity index (χ0v) is 11.4. The van der Waals surface area contributed by atoms with Crippen molar-refractivity contribution in [3.63, 3.8) is 0 Å². The van der Waals surface area contributed by atoms with Crippen LogP contribution in [0.15, 0.2) is 35.1 Å². The Bertz CT molecular complexity index is 591. The molecular weight excluding hydrogens is 252 g/mol. The van der Waals surface area contributed by atoms with E-state index in [1.807, 2.05) is 12.1 Å². The van der Waals surface area contributed by atoms with E-state index in [0.29, 0.717) is 6.04 Å². The molecule has 106 valence electrons. The minimum Gasteiger partial charge on any atom is -0.382 e. The summed E-state index contributed by atoms with van der Waals surface area (Å²) in [5.41, 5.74) is 2.86. The average Bonchev–Trinajstić information content (AvgIpc) is 2.73. The lowest BCUT2D eigenvalue weighted by Crippen LogP contribution is -2.21. The van der Waals surface area contributed by atoms with E-state index in [1.165, 1.54) is 12.8 Å². The first kappa shape index (κ1) is 13.0. The molecule has 2 aromatic rings. The van der Waals surface area contributed by atoms with Gasteiger partial charge in [0.25, 0.3) is 5.56 Å². The summed E-state index contributed by atoms with van der Waals surface area (Å²) >= 11 is 0. The van der Waals surface area contributed by atoms with Crippen LogP contribution in [0.25, 0.3) is 11.3 Å².